The third-order valence-electron chi connectivity index (χ3n) is 2.43. The van der Waals surface area contributed by atoms with Gasteiger partial charge in [-0.05, 0) is 25.1 Å². The molecule has 0 unspecified atom stereocenters. The minimum absolute atomic E-state index is 0.635. The van der Waals surface area contributed by atoms with Crippen molar-refractivity contribution in [1.29, 1.82) is 0 Å². The van der Waals surface area contributed by atoms with E-state index in [1.165, 1.54) is 6.33 Å². The van der Waals surface area contributed by atoms with Crippen molar-refractivity contribution in [2.45, 2.75) is 16.8 Å². The smallest absolute Gasteiger partial charge is 0.147 e. The molecule has 0 spiro atoms. The molecular formula is C12H14N4OS. The molecule has 0 fully saturated rings. The second-order valence-electron chi connectivity index (χ2n) is 3.58. The van der Waals surface area contributed by atoms with Crippen LogP contribution in [0.2, 0.25) is 0 Å². The maximum Gasteiger partial charge on any atom is 0.147 e. The average Bonchev–Trinajstić information content (AvgIpc) is 2.41. The summed E-state index contributed by atoms with van der Waals surface area (Å²) in [4.78, 5) is 9.36. The Kier molecular flexibility index (Phi) is 4.01. The molecule has 0 aliphatic carbocycles. The molecule has 0 bridgehead atoms. The molecule has 0 radical (unpaired) electrons. The Morgan fingerprint density at radius 3 is 2.89 bits per heavy atom. The van der Waals surface area contributed by atoms with Crippen molar-refractivity contribution in [3.8, 4) is 5.75 Å². The molecule has 0 aliphatic heterocycles. The van der Waals surface area contributed by atoms with Crippen LogP contribution < -0.4 is 16.0 Å². The summed E-state index contributed by atoms with van der Waals surface area (Å²) in [6, 6.07) is 7.82. The number of nitrogens with two attached hydrogens (primary N) is 1. The predicted molar refractivity (Wildman–Crippen MR) is 71.7 cm³/mol. The average molecular weight is 262 g/mol. The van der Waals surface area contributed by atoms with E-state index in [1.807, 2.05) is 31.2 Å². The number of hydrazine groups is 1. The van der Waals surface area contributed by atoms with Crippen LogP contribution >= 0.6 is 11.8 Å². The Morgan fingerprint density at radius 2 is 2.17 bits per heavy atom. The number of rotatable bonds is 4. The lowest BCUT2D eigenvalue weighted by Crippen LogP contribution is -2.10. The Labute approximate surface area is 110 Å². The molecule has 1 heterocycles. The van der Waals surface area contributed by atoms with Gasteiger partial charge in [-0.1, -0.05) is 17.8 Å². The molecule has 6 heteroatoms. The number of hydrogen-bond acceptors (Lipinski definition) is 6. The van der Waals surface area contributed by atoms with E-state index < -0.39 is 0 Å². The lowest BCUT2D eigenvalue weighted by atomic mass is 10.3. The van der Waals surface area contributed by atoms with Gasteiger partial charge in [-0.2, -0.15) is 0 Å². The minimum atomic E-state index is 0.635. The number of nitrogens with one attached hydrogen (secondary N) is 1. The molecule has 2 rings (SSSR count). The molecule has 0 saturated carbocycles. The monoisotopic (exact) mass is 262 g/mol. The first-order valence-corrected chi connectivity index (χ1v) is 6.16. The lowest BCUT2D eigenvalue weighted by molar-refractivity contribution is 0.413. The Morgan fingerprint density at radius 1 is 1.33 bits per heavy atom. The zero-order valence-corrected chi connectivity index (χ0v) is 11.0. The molecule has 0 aliphatic rings. The number of methoxy groups -OCH3 is 1. The van der Waals surface area contributed by atoms with Crippen LogP contribution in [0.3, 0.4) is 0 Å². The van der Waals surface area contributed by atoms with E-state index in [0.29, 0.717) is 5.82 Å². The van der Waals surface area contributed by atoms with Gasteiger partial charge in [-0.3, -0.25) is 0 Å². The largest absolute Gasteiger partial charge is 0.497 e. The van der Waals surface area contributed by atoms with Crippen LogP contribution in [0.15, 0.2) is 40.5 Å². The summed E-state index contributed by atoms with van der Waals surface area (Å²) in [6.07, 6.45) is 1.49. The quantitative estimate of drug-likeness (QED) is 0.500. The van der Waals surface area contributed by atoms with E-state index in [0.717, 1.165) is 21.2 Å². The first-order valence-electron chi connectivity index (χ1n) is 5.34. The van der Waals surface area contributed by atoms with E-state index in [4.69, 9.17) is 10.6 Å². The van der Waals surface area contributed by atoms with E-state index in [1.54, 1.807) is 18.9 Å². The van der Waals surface area contributed by atoms with Gasteiger partial charge in [0.1, 0.15) is 22.9 Å². The zero-order valence-electron chi connectivity index (χ0n) is 10.2. The third kappa shape index (κ3) is 2.72. The van der Waals surface area contributed by atoms with Gasteiger partial charge in [-0.15, -0.1) is 0 Å². The third-order valence-corrected chi connectivity index (χ3v) is 3.52. The molecule has 5 nitrogen and oxygen atoms in total. The molecule has 0 atom stereocenters. The molecule has 1 aromatic carbocycles. The van der Waals surface area contributed by atoms with Crippen molar-refractivity contribution < 1.29 is 4.74 Å². The van der Waals surface area contributed by atoms with Crippen LogP contribution in [-0.2, 0) is 0 Å². The van der Waals surface area contributed by atoms with Gasteiger partial charge >= 0.3 is 0 Å². The van der Waals surface area contributed by atoms with Gasteiger partial charge in [-0.25, -0.2) is 15.8 Å². The minimum Gasteiger partial charge on any atom is -0.497 e. The van der Waals surface area contributed by atoms with Crippen LogP contribution in [0.5, 0.6) is 5.75 Å². The molecular weight excluding hydrogens is 248 g/mol. The van der Waals surface area contributed by atoms with Crippen LogP contribution in [0, 0.1) is 6.92 Å². The molecule has 2 aromatic rings. The molecule has 94 valence electrons. The number of benzene rings is 1. The summed E-state index contributed by atoms with van der Waals surface area (Å²) in [6.45, 7) is 1.93. The van der Waals surface area contributed by atoms with Crippen molar-refractivity contribution in [3.63, 3.8) is 0 Å². The maximum atomic E-state index is 5.39. The van der Waals surface area contributed by atoms with Crippen molar-refractivity contribution in [2.75, 3.05) is 12.5 Å². The summed E-state index contributed by atoms with van der Waals surface area (Å²) in [5, 5.41) is 0.867. The fourth-order valence-corrected chi connectivity index (χ4v) is 2.35. The molecule has 0 saturated heterocycles. The standard InChI is InChI=1S/C12H14N4OS/c1-8-11(16-13)14-7-15-12(8)18-10-5-3-4-9(6-10)17-2/h3-7H,13H2,1-2H3,(H,14,15,16). The fraction of sp³-hybridized carbons (Fsp3) is 0.167. The van der Waals surface area contributed by atoms with E-state index >= 15 is 0 Å². The maximum absolute atomic E-state index is 5.39. The van der Waals surface area contributed by atoms with Crippen LogP contribution in [0.1, 0.15) is 5.56 Å². The second-order valence-corrected chi connectivity index (χ2v) is 4.64. The normalized spacial score (nSPS) is 10.2. The molecule has 0 amide bonds. The highest BCUT2D eigenvalue weighted by atomic mass is 32.2. The van der Waals surface area contributed by atoms with Crippen molar-refractivity contribution in [3.05, 3.63) is 36.2 Å². The Bertz CT molecular complexity index is 547. The summed E-state index contributed by atoms with van der Waals surface area (Å²) in [5.74, 6) is 6.85. The van der Waals surface area contributed by atoms with Crippen molar-refractivity contribution >= 4 is 17.6 Å². The number of nitrogens with zero attached hydrogens (tertiary/aromatic N) is 2. The zero-order chi connectivity index (χ0) is 13.0. The van der Waals surface area contributed by atoms with Gasteiger partial charge in [0.05, 0.1) is 7.11 Å². The number of nitrogen functional groups attached to an aromatic ring is 1. The first kappa shape index (κ1) is 12.7. The Balaban J connectivity index is 2.28. The van der Waals surface area contributed by atoms with E-state index in [-0.39, 0.29) is 0 Å². The van der Waals surface area contributed by atoms with E-state index in [2.05, 4.69) is 15.4 Å². The van der Waals surface area contributed by atoms with Crippen molar-refractivity contribution in [1.82, 2.24) is 9.97 Å². The molecule has 18 heavy (non-hydrogen) atoms. The summed E-state index contributed by atoms with van der Waals surface area (Å²) in [5.41, 5.74) is 3.48. The van der Waals surface area contributed by atoms with Gasteiger partial charge in [0, 0.05) is 10.5 Å². The van der Waals surface area contributed by atoms with Gasteiger partial charge < -0.3 is 10.2 Å². The highest BCUT2D eigenvalue weighted by molar-refractivity contribution is 7.99. The highest BCUT2D eigenvalue weighted by Gasteiger charge is 2.08. The lowest BCUT2D eigenvalue weighted by Gasteiger charge is -2.08. The first-order chi connectivity index (χ1) is 8.74. The summed E-state index contributed by atoms with van der Waals surface area (Å²) >= 11 is 1.55. The van der Waals surface area contributed by atoms with Crippen LogP contribution in [0.4, 0.5) is 5.82 Å². The second kappa shape index (κ2) is 5.70. The van der Waals surface area contributed by atoms with Crippen molar-refractivity contribution in [2.24, 2.45) is 5.84 Å². The number of anilines is 1. The van der Waals surface area contributed by atoms with Gasteiger partial charge in [0.2, 0.25) is 0 Å². The molecule has 1 aromatic heterocycles. The fourth-order valence-electron chi connectivity index (χ4n) is 1.46. The Hall–Kier alpha value is -1.79. The highest BCUT2D eigenvalue weighted by Crippen LogP contribution is 2.31. The van der Waals surface area contributed by atoms with Gasteiger partial charge in [0.15, 0.2) is 0 Å². The number of hydrogen-bond donors (Lipinski definition) is 2. The van der Waals surface area contributed by atoms with Crippen LogP contribution in [0.25, 0.3) is 0 Å². The number of ether oxygens (including phenoxy) is 1. The molecule has 3 N–H and O–H groups in total. The summed E-state index contributed by atoms with van der Waals surface area (Å²) in [7, 11) is 1.65. The van der Waals surface area contributed by atoms with Gasteiger partial charge in [0.25, 0.3) is 0 Å². The topological polar surface area (TPSA) is 73.1 Å². The van der Waals surface area contributed by atoms with E-state index in [9.17, 15) is 0 Å². The SMILES string of the molecule is COc1cccc(Sc2ncnc(NN)c2C)c1. The summed E-state index contributed by atoms with van der Waals surface area (Å²) < 4.78 is 5.19. The number of aromatic nitrogens is 2. The van der Waals surface area contributed by atoms with Crippen LogP contribution in [-0.4, -0.2) is 17.1 Å². The predicted octanol–water partition coefficient (Wildman–Crippen LogP) is 2.23.